The zero-order chi connectivity index (χ0) is 19.5. The third kappa shape index (κ3) is 4.15. The number of furan rings is 1. The summed E-state index contributed by atoms with van der Waals surface area (Å²) in [5, 5.41) is 15.0. The van der Waals surface area contributed by atoms with Crippen molar-refractivity contribution >= 4 is 34.1 Å². The fourth-order valence-electron chi connectivity index (χ4n) is 3.54. The number of hydrogen-bond donors (Lipinski definition) is 1. The second kappa shape index (κ2) is 8.48. The van der Waals surface area contributed by atoms with Gasteiger partial charge in [-0.2, -0.15) is 0 Å². The number of rotatable bonds is 6. The van der Waals surface area contributed by atoms with Gasteiger partial charge in [0.1, 0.15) is 5.76 Å². The third-order valence-electron chi connectivity index (χ3n) is 4.90. The van der Waals surface area contributed by atoms with E-state index in [4.69, 9.17) is 4.42 Å². The fourth-order valence-corrected chi connectivity index (χ4v) is 5.05. The van der Waals surface area contributed by atoms with Crippen molar-refractivity contribution in [2.24, 2.45) is 0 Å². The molecule has 1 aliphatic carbocycles. The standard InChI is InChI=1S/C19H23N5O2S2/c1-12-10-27-18(20-12)21-16(25)11-28-19-23-22-17(15-8-9-26-13(15)2)24(19)14-6-4-3-5-7-14/h8-10,14H,3-7,11H2,1-2H3,(H,20,21,25). The molecule has 1 aliphatic rings. The summed E-state index contributed by atoms with van der Waals surface area (Å²) in [6.45, 7) is 3.85. The van der Waals surface area contributed by atoms with Crippen LogP contribution >= 0.6 is 23.1 Å². The van der Waals surface area contributed by atoms with E-state index in [-0.39, 0.29) is 11.7 Å². The van der Waals surface area contributed by atoms with E-state index in [1.165, 1.54) is 42.4 Å². The summed E-state index contributed by atoms with van der Waals surface area (Å²) in [7, 11) is 0. The van der Waals surface area contributed by atoms with Gasteiger partial charge in [0.15, 0.2) is 16.1 Å². The first-order chi connectivity index (χ1) is 13.6. The largest absolute Gasteiger partial charge is 0.469 e. The van der Waals surface area contributed by atoms with Crippen LogP contribution in [0.3, 0.4) is 0 Å². The number of anilines is 1. The Balaban J connectivity index is 1.53. The number of aromatic nitrogens is 4. The molecular formula is C19H23N5O2S2. The molecule has 0 aliphatic heterocycles. The Labute approximate surface area is 172 Å². The molecule has 28 heavy (non-hydrogen) atoms. The lowest BCUT2D eigenvalue weighted by atomic mass is 9.95. The summed E-state index contributed by atoms with van der Waals surface area (Å²) < 4.78 is 7.69. The van der Waals surface area contributed by atoms with Crippen molar-refractivity contribution in [3.8, 4) is 11.4 Å². The van der Waals surface area contributed by atoms with Gasteiger partial charge in [-0.25, -0.2) is 4.98 Å². The van der Waals surface area contributed by atoms with Gasteiger partial charge in [-0.3, -0.25) is 9.36 Å². The normalized spacial score (nSPS) is 15.1. The first kappa shape index (κ1) is 19.2. The molecule has 0 aromatic carbocycles. The van der Waals surface area contributed by atoms with Crippen LogP contribution in [0.25, 0.3) is 11.4 Å². The van der Waals surface area contributed by atoms with Crippen LogP contribution in [-0.4, -0.2) is 31.4 Å². The Hall–Kier alpha value is -2.13. The molecular weight excluding hydrogens is 394 g/mol. The van der Waals surface area contributed by atoms with Crippen molar-refractivity contribution in [3.05, 3.63) is 29.2 Å². The van der Waals surface area contributed by atoms with E-state index in [9.17, 15) is 4.79 Å². The lowest BCUT2D eigenvalue weighted by Crippen LogP contribution is -2.17. The quantitative estimate of drug-likeness (QED) is 0.577. The molecule has 0 bridgehead atoms. The average molecular weight is 418 g/mol. The van der Waals surface area contributed by atoms with Gasteiger partial charge in [0.2, 0.25) is 5.91 Å². The number of thioether (sulfide) groups is 1. The summed E-state index contributed by atoms with van der Waals surface area (Å²) in [5.74, 6) is 1.85. The minimum absolute atomic E-state index is 0.0846. The molecule has 0 atom stereocenters. The third-order valence-corrected chi connectivity index (χ3v) is 6.72. The van der Waals surface area contributed by atoms with Crippen molar-refractivity contribution in [1.82, 2.24) is 19.7 Å². The smallest absolute Gasteiger partial charge is 0.236 e. The van der Waals surface area contributed by atoms with Crippen molar-refractivity contribution < 1.29 is 9.21 Å². The van der Waals surface area contributed by atoms with Crippen molar-refractivity contribution in [1.29, 1.82) is 0 Å². The maximum absolute atomic E-state index is 12.3. The van der Waals surface area contributed by atoms with Gasteiger partial charge < -0.3 is 9.73 Å². The molecule has 7 nitrogen and oxygen atoms in total. The average Bonchev–Trinajstić information content (AvgIpc) is 3.40. The predicted octanol–water partition coefficient (Wildman–Crippen LogP) is 4.85. The number of amides is 1. The molecule has 1 saturated carbocycles. The van der Waals surface area contributed by atoms with Crippen molar-refractivity contribution in [2.75, 3.05) is 11.1 Å². The molecule has 1 fully saturated rings. The number of aryl methyl sites for hydroxylation is 2. The lowest BCUT2D eigenvalue weighted by Gasteiger charge is -2.25. The van der Waals surface area contributed by atoms with Crippen molar-refractivity contribution in [2.45, 2.75) is 57.1 Å². The van der Waals surface area contributed by atoms with E-state index in [0.717, 1.165) is 40.8 Å². The second-order valence-corrected chi connectivity index (χ2v) is 8.79. The molecule has 3 aromatic rings. The number of hydrogen-bond acceptors (Lipinski definition) is 7. The molecule has 1 N–H and O–H groups in total. The maximum Gasteiger partial charge on any atom is 0.236 e. The number of thiazole rings is 1. The van der Waals surface area contributed by atoms with Gasteiger partial charge in [0, 0.05) is 11.4 Å². The van der Waals surface area contributed by atoms with Crippen LogP contribution < -0.4 is 5.32 Å². The van der Waals surface area contributed by atoms with Crippen LogP contribution in [0.4, 0.5) is 5.13 Å². The number of carbonyl (C=O) groups excluding carboxylic acids is 1. The Morgan fingerprint density at radius 2 is 2.14 bits per heavy atom. The highest BCUT2D eigenvalue weighted by Crippen LogP contribution is 2.36. The van der Waals surface area contributed by atoms with Crippen LogP contribution in [0, 0.1) is 13.8 Å². The minimum Gasteiger partial charge on any atom is -0.469 e. The zero-order valence-electron chi connectivity index (χ0n) is 16.0. The van der Waals surface area contributed by atoms with Gasteiger partial charge in [0.05, 0.1) is 23.3 Å². The summed E-state index contributed by atoms with van der Waals surface area (Å²) in [6.07, 6.45) is 7.60. The molecule has 0 radical (unpaired) electrons. The first-order valence-corrected chi connectivity index (χ1v) is 11.3. The van der Waals surface area contributed by atoms with Gasteiger partial charge in [-0.15, -0.1) is 21.5 Å². The fraction of sp³-hybridized carbons (Fsp3) is 0.474. The van der Waals surface area contributed by atoms with Gasteiger partial charge in [0.25, 0.3) is 0 Å². The highest BCUT2D eigenvalue weighted by atomic mass is 32.2. The molecule has 9 heteroatoms. The highest BCUT2D eigenvalue weighted by Gasteiger charge is 2.25. The summed E-state index contributed by atoms with van der Waals surface area (Å²) in [4.78, 5) is 16.6. The molecule has 3 heterocycles. The summed E-state index contributed by atoms with van der Waals surface area (Å²) in [5.41, 5.74) is 1.87. The maximum atomic E-state index is 12.3. The summed E-state index contributed by atoms with van der Waals surface area (Å²) >= 11 is 2.86. The number of carbonyl (C=O) groups is 1. The van der Waals surface area contributed by atoms with E-state index in [1.54, 1.807) is 6.26 Å². The van der Waals surface area contributed by atoms with Gasteiger partial charge in [-0.05, 0) is 32.8 Å². The van der Waals surface area contributed by atoms with Crippen LogP contribution in [0.1, 0.15) is 49.6 Å². The highest BCUT2D eigenvalue weighted by molar-refractivity contribution is 7.99. The first-order valence-electron chi connectivity index (χ1n) is 9.46. The van der Waals surface area contributed by atoms with E-state index >= 15 is 0 Å². The Morgan fingerprint density at radius 1 is 1.32 bits per heavy atom. The lowest BCUT2D eigenvalue weighted by molar-refractivity contribution is -0.113. The monoisotopic (exact) mass is 417 g/mol. The van der Waals surface area contributed by atoms with E-state index in [2.05, 4.69) is 25.1 Å². The zero-order valence-corrected chi connectivity index (χ0v) is 17.6. The molecule has 0 spiro atoms. The van der Waals surface area contributed by atoms with Crippen LogP contribution in [0.15, 0.2) is 27.3 Å². The van der Waals surface area contributed by atoms with Gasteiger partial charge >= 0.3 is 0 Å². The van der Waals surface area contributed by atoms with E-state index < -0.39 is 0 Å². The Kier molecular flexibility index (Phi) is 5.82. The summed E-state index contributed by atoms with van der Waals surface area (Å²) in [6, 6.07) is 2.30. The number of nitrogens with zero attached hydrogens (tertiary/aromatic N) is 4. The predicted molar refractivity (Wildman–Crippen MR) is 111 cm³/mol. The Morgan fingerprint density at radius 3 is 2.82 bits per heavy atom. The molecule has 1 amide bonds. The molecule has 3 aromatic heterocycles. The van der Waals surface area contributed by atoms with Crippen LogP contribution in [0.2, 0.25) is 0 Å². The number of nitrogens with one attached hydrogen (secondary N) is 1. The minimum atomic E-state index is -0.0846. The molecule has 0 saturated heterocycles. The van der Waals surface area contributed by atoms with E-state index in [0.29, 0.717) is 11.2 Å². The molecule has 148 valence electrons. The molecule has 4 rings (SSSR count). The topological polar surface area (TPSA) is 85.8 Å². The second-order valence-electron chi connectivity index (χ2n) is 6.99. The van der Waals surface area contributed by atoms with E-state index in [1.807, 2.05) is 25.3 Å². The SMILES string of the molecule is Cc1csc(NC(=O)CSc2nnc(-c3ccoc3C)n2C2CCCCC2)n1. The van der Waals surface area contributed by atoms with Crippen LogP contribution in [-0.2, 0) is 4.79 Å². The van der Waals surface area contributed by atoms with Crippen LogP contribution in [0.5, 0.6) is 0 Å². The van der Waals surface area contributed by atoms with Crippen molar-refractivity contribution in [3.63, 3.8) is 0 Å². The molecule has 0 unspecified atom stereocenters. The van der Waals surface area contributed by atoms with Gasteiger partial charge in [-0.1, -0.05) is 31.0 Å². The Bertz CT molecular complexity index is 955.